The van der Waals surface area contributed by atoms with Gasteiger partial charge in [-0.05, 0) is 13.3 Å². The Hall–Kier alpha value is -1.16. The second-order valence-electron chi connectivity index (χ2n) is 2.87. The normalized spacial score (nSPS) is 12.5. The predicted molar refractivity (Wildman–Crippen MR) is 48.6 cm³/mol. The van der Waals surface area contributed by atoms with Gasteiger partial charge in [0.15, 0.2) is 0 Å². The Kier molecular flexibility index (Phi) is 3.64. The van der Waals surface area contributed by atoms with Gasteiger partial charge in [0, 0.05) is 6.20 Å². The van der Waals surface area contributed by atoms with Crippen molar-refractivity contribution in [1.82, 2.24) is 9.97 Å². The van der Waals surface area contributed by atoms with Crippen molar-refractivity contribution in [2.45, 2.75) is 26.4 Å². The van der Waals surface area contributed by atoms with E-state index in [9.17, 15) is 5.11 Å². The predicted octanol–water partition coefficient (Wildman–Crippen LogP) is 0.935. The quantitative estimate of drug-likeness (QED) is 0.752. The molecule has 0 saturated carbocycles. The SMILES string of the molecule is CCC(O)COc1cncc(C)n1. The first-order chi connectivity index (χ1) is 6.22. The Bertz CT molecular complexity index is 266. The van der Waals surface area contributed by atoms with E-state index in [0.717, 1.165) is 5.69 Å². The summed E-state index contributed by atoms with van der Waals surface area (Å²) in [6.07, 6.45) is 3.44. The highest BCUT2D eigenvalue weighted by molar-refractivity contribution is 5.06. The van der Waals surface area contributed by atoms with Crippen LogP contribution in [-0.2, 0) is 0 Å². The van der Waals surface area contributed by atoms with Crippen LogP contribution < -0.4 is 4.74 Å². The molecule has 1 atom stereocenters. The molecule has 0 aliphatic rings. The highest BCUT2D eigenvalue weighted by Gasteiger charge is 2.02. The van der Waals surface area contributed by atoms with E-state index in [4.69, 9.17) is 4.74 Å². The molecular formula is C9H14N2O2. The van der Waals surface area contributed by atoms with Gasteiger partial charge in [0.2, 0.25) is 5.88 Å². The minimum Gasteiger partial charge on any atom is -0.474 e. The number of nitrogens with zero attached hydrogens (tertiary/aromatic N) is 2. The third kappa shape index (κ3) is 3.38. The molecule has 1 N–H and O–H groups in total. The number of aromatic nitrogens is 2. The van der Waals surface area contributed by atoms with Crippen molar-refractivity contribution in [2.75, 3.05) is 6.61 Å². The number of aliphatic hydroxyl groups excluding tert-OH is 1. The van der Waals surface area contributed by atoms with Crippen LogP contribution in [0.25, 0.3) is 0 Å². The number of hydrogen-bond donors (Lipinski definition) is 1. The minimum atomic E-state index is -0.428. The molecule has 0 aliphatic carbocycles. The van der Waals surface area contributed by atoms with Crippen LogP contribution >= 0.6 is 0 Å². The number of rotatable bonds is 4. The van der Waals surface area contributed by atoms with E-state index in [1.54, 1.807) is 6.20 Å². The largest absolute Gasteiger partial charge is 0.474 e. The molecule has 1 unspecified atom stereocenters. The molecule has 0 fully saturated rings. The summed E-state index contributed by atoms with van der Waals surface area (Å²) in [5.41, 5.74) is 0.809. The van der Waals surface area contributed by atoms with Crippen molar-refractivity contribution < 1.29 is 9.84 Å². The van der Waals surface area contributed by atoms with E-state index in [0.29, 0.717) is 12.3 Å². The fraction of sp³-hybridized carbons (Fsp3) is 0.556. The molecule has 72 valence electrons. The average molecular weight is 182 g/mol. The molecular weight excluding hydrogens is 168 g/mol. The topological polar surface area (TPSA) is 55.2 Å². The van der Waals surface area contributed by atoms with Crippen LogP contribution in [0.2, 0.25) is 0 Å². The van der Waals surface area contributed by atoms with Gasteiger partial charge in [-0.25, -0.2) is 4.98 Å². The third-order valence-electron chi connectivity index (χ3n) is 1.63. The molecule has 0 aromatic carbocycles. The lowest BCUT2D eigenvalue weighted by molar-refractivity contribution is 0.101. The molecule has 0 radical (unpaired) electrons. The van der Waals surface area contributed by atoms with E-state index < -0.39 is 6.10 Å². The molecule has 0 bridgehead atoms. The van der Waals surface area contributed by atoms with Gasteiger partial charge in [-0.15, -0.1) is 0 Å². The van der Waals surface area contributed by atoms with E-state index in [1.165, 1.54) is 6.20 Å². The van der Waals surface area contributed by atoms with E-state index in [-0.39, 0.29) is 6.61 Å². The minimum absolute atomic E-state index is 0.272. The summed E-state index contributed by atoms with van der Waals surface area (Å²) in [5, 5.41) is 9.22. The first-order valence-electron chi connectivity index (χ1n) is 4.32. The van der Waals surface area contributed by atoms with Crippen molar-refractivity contribution in [3.05, 3.63) is 18.1 Å². The molecule has 4 heteroatoms. The molecule has 0 spiro atoms. The fourth-order valence-electron chi connectivity index (χ4n) is 0.809. The second kappa shape index (κ2) is 4.77. The number of ether oxygens (including phenoxy) is 1. The molecule has 1 aromatic rings. The highest BCUT2D eigenvalue weighted by atomic mass is 16.5. The summed E-state index contributed by atoms with van der Waals surface area (Å²) in [7, 11) is 0. The summed E-state index contributed by atoms with van der Waals surface area (Å²) < 4.78 is 5.22. The molecule has 1 aromatic heterocycles. The van der Waals surface area contributed by atoms with Crippen LogP contribution in [0.15, 0.2) is 12.4 Å². The van der Waals surface area contributed by atoms with E-state index in [1.807, 2.05) is 13.8 Å². The first-order valence-corrected chi connectivity index (χ1v) is 4.32. The maximum absolute atomic E-state index is 9.22. The Morgan fingerprint density at radius 2 is 2.31 bits per heavy atom. The highest BCUT2D eigenvalue weighted by Crippen LogP contribution is 2.04. The summed E-state index contributed by atoms with van der Waals surface area (Å²) in [5.74, 6) is 0.465. The molecule has 13 heavy (non-hydrogen) atoms. The van der Waals surface area contributed by atoms with Crippen LogP contribution in [0.1, 0.15) is 19.0 Å². The monoisotopic (exact) mass is 182 g/mol. The molecule has 0 amide bonds. The number of hydrogen-bond acceptors (Lipinski definition) is 4. The Morgan fingerprint density at radius 1 is 1.54 bits per heavy atom. The van der Waals surface area contributed by atoms with E-state index >= 15 is 0 Å². The van der Waals surface area contributed by atoms with Gasteiger partial charge >= 0.3 is 0 Å². The van der Waals surface area contributed by atoms with Crippen molar-refractivity contribution in [3.63, 3.8) is 0 Å². The zero-order valence-electron chi connectivity index (χ0n) is 7.90. The van der Waals surface area contributed by atoms with Crippen LogP contribution in [0.3, 0.4) is 0 Å². The molecule has 0 aliphatic heterocycles. The Balaban J connectivity index is 2.45. The van der Waals surface area contributed by atoms with Gasteiger partial charge in [-0.1, -0.05) is 6.92 Å². The molecule has 4 nitrogen and oxygen atoms in total. The number of aryl methyl sites for hydroxylation is 1. The van der Waals surface area contributed by atoms with Gasteiger partial charge in [0.1, 0.15) is 6.61 Å². The lowest BCUT2D eigenvalue weighted by Crippen LogP contribution is -2.16. The van der Waals surface area contributed by atoms with Crippen molar-refractivity contribution in [2.24, 2.45) is 0 Å². The summed E-state index contributed by atoms with van der Waals surface area (Å²) in [4.78, 5) is 8.00. The smallest absolute Gasteiger partial charge is 0.232 e. The van der Waals surface area contributed by atoms with Gasteiger partial charge in [0.25, 0.3) is 0 Å². The zero-order valence-corrected chi connectivity index (χ0v) is 7.90. The second-order valence-corrected chi connectivity index (χ2v) is 2.87. The lowest BCUT2D eigenvalue weighted by Gasteiger charge is -2.08. The first kappa shape index (κ1) is 9.92. The van der Waals surface area contributed by atoms with Crippen LogP contribution in [0.5, 0.6) is 5.88 Å². The number of aliphatic hydroxyl groups is 1. The summed E-state index contributed by atoms with van der Waals surface area (Å²) in [6.45, 7) is 4.01. The summed E-state index contributed by atoms with van der Waals surface area (Å²) >= 11 is 0. The van der Waals surface area contributed by atoms with Gasteiger partial charge in [0.05, 0.1) is 18.0 Å². The lowest BCUT2D eigenvalue weighted by atomic mass is 10.3. The fourth-order valence-corrected chi connectivity index (χ4v) is 0.809. The third-order valence-corrected chi connectivity index (χ3v) is 1.63. The van der Waals surface area contributed by atoms with Crippen molar-refractivity contribution >= 4 is 0 Å². The zero-order chi connectivity index (χ0) is 9.68. The average Bonchev–Trinajstić information content (AvgIpc) is 2.14. The van der Waals surface area contributed by atoms with Crippen molar-refractivity contribution in [3.8, 4) is 5.88 Å². The Labute approximate surface area is 77.6 Å². The van der Waals surface area contributed by atoms with E-state index in [2.05, 4.69) is 9.97 Å². The summed E-state index contributed by atoms with van der Waals surface area (Å²) in [6, 6.07) is 0. The van der Waals surface area contributed by atoms with Crippen molar-refractivity contribution in [1.29, 1.82) is 0 Å². The van der Waals surface area contributed by atoms with Crippen LogP contribution in [-0.4, -0.2) is 27.8 Å². The standard InChI is InChI=1S/C9H14N2O2/c1-3-8(12)6-13-9-5-10-4-7(2)11-9/h4-5,8,12H,3,6H2,1-2H3. The molecule has 1 heterocycles. The van der Waals surface area contributed by atoms with Gasteiger partial charge in [-0.2, -0.15) is 0 Å². The van der Waals surface area contributed by atoms with Crippen LogP contribution in [0, 0.1) is 6.92 Å². The molecule has 0 saturated heterocycles. The van der Waals surface area contributed by atoms with Crippen LogP contribution in [0.4, 0.5) is 0 Å². The van der Waals surface area contributed by atoms with Gasteiger partial charge in [-0.3, -0.25) is 4.98 Å². The molecule has 1 rings (SSSR count). The maximum Gasteiger partial charge on any atom is 0.232 e. The maximum atomic E-state index is 9.22. The Morgan fingerprint density at radius 3 is 2.92 bits per heavy atom. The van der Waals surface area contributed by atoms with Gasteiger partial charge < -0.3 is 9.84 Å².